The van der Waals surface area contributed by atoms with Crippen LogP contribution in [0.15, 0.2) is 76.4 Å². The predicted octanol–water partition coefficient (Wildman–Crippen LogP) is 5.49. The highest BCUT2D eigenvalue weighted by Gasteiger charge is 2.42. The standard InChI is InChI=1S/C24H20BrClN4O3S2/c25-17-5-10-20-22(13-17)34-24(28-20)29(15-16-3-1-11-27-14-16)23(31)21-4-2-12-30(21)35(32,33)19-8-6-18(26)7-9-19/h1,3,5-11,13-14,21H,2,4,12,15H2. The lowest BCUT2D eigenvalue weighted by atomic mass is 10.2. The number of hydrogen-bond donors (Lipinski definition) is 0. The molecule has 7 nitrogen and oxygen atoms in total. The summed E-state index contributed by atoms with van der Waals surface area (Å²) in [6.45, 7) is 0.508. The van der Waals surface area contributed by atoms with E-state index < -0.39 is 16.1 Å². The number of carbonyl (C=O) groups is 1. The molecule has 4 aromatic rings. The molecule has 1 atom stereocenters. The van der Waals surface area contributed by atoms with Crippen LogP contribution in [0.4, 0.5) is 5.13 Å². The van der Waals surface area contributed by atoms with Crippen molar-refractivity contribution in [1.82, 2.24) is 14.3 Å². The molecule has 1 fully saturated rings. The molecule has 35 heavy (non-hydrogen) atoms. The molecular formula is C24H20BrClN4O3S2. The molecule has 1 saturated heterocycles. The topological polar surface area (TPSA) is 83.5 Å². The number of nitrogens with zero attached hydrogens (tertiary/aromatic N) is 4. The lowest BCUT2D eigenvalue weighted by Crippen LogP contribution is -2.47. The highest BCUT2D eigenvalue weighted by atomic mass is 79.9. The molecule has 2 aromatic carbocycles. The number of aromatic nitrogens is 2. The van der Waals surface area contributed by atoms with E-state index >= 15 is 0 Å². The average molecular weight is 592 g/mol. The van der Waals surface area contributed by atoms with E-state index in [2.05, 4.69) is 20.9 Å². The van der Waals surface area contributed by atoms with E-state index in [1.54, 1.807) is 23.4 Å². The fourth-order valence-corrected chi connectivity index (χ4v) is 7.41. The number of amides is 1. The Balaban J connectivity index is 1.52. The van der Waals surface area contributed by atoms with Crippen molar-refractivity contribution in [2.75, 3.05) is 11.4 Å². The van der Waals surface area contributed by atoms with E-state index in [-0.39, 0.29) is 23.9 Å². The van der Waals surface area contributed by atoms with Gasteiger partial charge in [-0.05, 0) is 66.9 Å². The van der Waals surface area contributed by atoms with Crippen molar-refractivity contribution in [2.45, 2.75) is 30.3 Å². The second-order valence-electron chi connectivity index (χ2n) is 8.12. The zero-order chi connectivity index (χ0) is 24.6. The number of carbonyl (C=O) groups excluding carboxylic acids is 1. The van der Waals surface area contributed by atoms with Crippen molar-refractivity contribution in [1.29, 1.82) is 0 Å². The second kappa shape index (κ2) is 9.94. The molecule has 1 aliphatic heterocycles. The Bertz CT molecular complexity index is 1480. The Labute approximate surface area is 220 Å². The maximum atomic E-state index is 14.0. The van der Waals surface area contributed by atoms with Gasteiger partial charge in [0.05, 0.1) is 21.7 Å². The van der Waals surface area contributed by atoms with E-state index in [1.807, 2.05) is 24.3 Å². The Morgan fingerprint density at radius 3 is 2.74 bits per heavy atom. The van der Waals surface area contributed by atoms with E-state index in [1.165, 1.54) is 39.9 Å². The summed E-state index contributed by atoms with van der Waals surface area (Å²) in [7, 11) is -3.88. The van der Waals surface area contributed by atoms with Gasteiger partial charge in [0, 0.05) is 28.4 Å². The monoisotopic (exact) mass is 590 g/mol. The number of pyridine rings is 1. The largest absolute Gasteiger partial charge is 0.282 e. The Kier molecular flexibility index (Phi) is 6.91. The summed E-state index contributed by atoms with van der Waals surface area (Å²) in [5, 5.41) is 0.964. The highest BCUT2D eigenvalue weighted by molar-refractivity contribution is 9.10. The number of sulfonamides is 1. The Morgan fingerprint density at radius 1 is 1.20 bits per heavy atom. The summed E-state index contributed by atoms with van der Waals surface area (Å²) in [5.41, 5.74) is 1.60. The number of thiazole rings is 1. The summed E-state index contributed by atoms with van der Waals surface area (Å²) in [6.07, 6.45) is 4.39. The summed E-state index contributed by atoms with van der Waals surface area (Å²) >= 11 is 10.8. The zero-order valence-electron chi connectivity index (χ0n) is 18.3. The Hall–Kier alpha value is -2.37. The zero-order valence-corrected chi connectivity index (χ0v) is 22.3. The van der Waals surface area contributed by atoms with Crippen molar-refractivity contribution in [3.05, 3.63) is 82.0 Å². The van der Waals surface area contributed by atoms with Crippen molar-refractivity contribution in [3.63, 3.8) is 0 Å². The molecule has 0 saturated carbocycles. The van der Waals surface area contributed by atoms with E-state index in [0.717, 1.165) is 20.3 Å². The smallest absolute Gasteiger partial charge is 0.247 e. The predicted molar refractivity (Wildman–Crippen MR) is 141 cm³/mol. The molecule has 0 radical (unpaired) electrons. The molecule has 1 aliphatic rings. The third-order valence-corrected chi connectivity index (χ3v) is 9.52. The SMILES string of the molecule is O=C(C1CCCN1S(=O)(=O)c1ccc(Cl)cc1)N(Cc1cccnc1)c1nc2ccc(Br)cc2s1. The van der Waals surface area contributed by atoms with E-state index in [9.17, 15) is 13.2 Å². The third kappa shape index (κ3) is 4.99. The van der Waals surface area contributed by atoms with Crippen LogP contribution >= 0.6 is 38.9 Å². The van der Waals surface area contributed by atoms with Crippen LogP contribution in [0.5, 0.6) is 0 Å². The van der Waals surface area contributed by atoms with E-state index in [0.29, 0.717) is 23.0 Å². The van der Waals surface area contributed by atoms with Gasteiger partial charge in [-0.15, -0.1) is 0 Å². The molecule has 0 spiro atoms. The Morgan fingerprint density at radius 2 is 2.00 bits per heavy atom. The third-order valence-electron chi connectivity index (χ3n) is 5.81. The van der Waals surface area contributed by atoms with Crippen LogP contribution in [0.1, 0.15) is 18.4 Å². The second-order valence-corrected chi connectivity index (χ2v) is 12.4. The number of benzene rings is 2. The van der Waals surface area contributed by atoms with Gasteiger partial charge < -0.3 is 0 Å². The fourth-order valence-electron chi connectivity index (χ4n) is 4.11. The first kappa shape index (κ1) is 24.3. The number of anilines is 1. The molecule has 11 heteroatoms. The van der Waals surface area contributed by atoms with Crippen LogP contribution in [0.25, 0.3) is 10.2 Å². The van der Waals surface area contributed by atoms with Gasteiger partial charge in [0.1, 0.15) is 6.04 Å². The number of rotatable bonds is 6. The molecule has 3 heterocycles. The summed E-state index contributed by atoms with van der Waals surface area (Å²) in [4.78, 5) is 24.5. The summed E-state index contributed by atoms with van der Waals surface area (Å²) < 4.78 is 30.0. The van der Waals surface area contributed by atoms with Gasteiger partial charge in [0.25, 0.3) is 0 Å². The summed E-state index contributed by atoms with van der Waals surface area (Å²) in [6, 6.07) is 14.6. The molecule has 1 amide bonds. The quantitative estimate of drug-likeness (QED) is 0.296. The fraction of sp³-hybridized carbons (Fsp3) is 0.208. The molecule has 1 unspecified atom stereocenters. The highest BCUT2D eigenvalue weighted by Crippen LogP contribution is 2.34. The van der Waals surface area contributed by atoms with Crippen LogP contribution in [0, 0.1) is 0 Å². The van der Waals surface area contributed by atoms with Crippen LogP contribution in [-0.2, 0) is 21.4 Å². The van der Waals surface area contributed by atoms with Crippen LogP contribution < -0.4 is 4.90 Å². The maximum Gasteiger partial charge on any atom is 0.247 e. The minimum atomic E-state index is -3.88. The minimum absolute atomic E-state index is 0.116. The molecular weight excluding hydrogens is 572 g/mol. The van der Waals surface area contributed by atoms with Gasteiger partial charge in [0.15, 0.2) is 5.13 Å². The van der Waals surface area contributed by atoms with Gasteiger partial charge in [0.2, 0.25) is 15.9 Å². The van der Waals surface area contributed by atoms with E-state index in [4.69, 9.17) is 16.6 Å². The van der Waals surface area contributed by atoms with Crippen molar-refractivity contribution in [3.8, 4) is 0 Å². The number of hydrogen-bond acceptors (Lipinski definition) is 6. The van der Waals surface area contributed by atoms with Gasteiger partial charge >= 0.3 is 0 Å². The first-order valence-electron chi connectivity index (χ1n) is 10.9. The van der Waals surface area contributed by atoms with Gasteiger partial charge in [-0.25, -0.2) is 13.4 Å². The molecule has 180 valence electrons. The molecule has 5 rings (SSSR count). The minimum Gasteiger partial charge on any atom is -0.282 e. The lowest BCUT2D eigenvalue weighted by molar-refractivity contribution is -0.121. The van der Waals surface area contributed by atoms with Crippen molar-refractivity contribution >= 4 is 70.1 Å². The van der Waals surface area contributed by atoms with Crippen molar-refractivity contribution in [2.24, 2.45) is 0 Å². The maximum absolute atomic E-state index is 14.0. The summed E-state index contributed by atoms with van der Waals surface area (Å²) in [5.74, 6) is -0.304. The van der Waals surface area contributed by atoms with Gasteiger partial charge in [-0.1, -0.05) is 44.9 Å². The van der Waals surface area contributed by atoms with Crippen molar-refractivity contribution < 1.29 is 13.2 Å². The first-order valence-corrected chi connectivity index (χ1v) is 14.3. The van der Waals surface area contributed by atoms with Crippen LogP contribution in [-0.4, -0.2) is 41.2 Å². The van der Waals surface area contributed by atoms with Crippen LogP contribution in [0.3, 0.4) is 0 Å². The number of halogens is 2. The van der Waals surface area contributed by atoms with Gasteiger partial charge in [-0.2, -0.15) is 4.31 Å². The molecule has 0 aliphatic carbocycles. The number of fused-ring (bicyclic) bond motifs is 1. The molecule has 0 bridgehead atoms. The first-order chi connectivity index (χ1) is 16.8. The normalized spacial score (nSPS) is 16.6. The molecule has 2 aromatic heterocycles. The average Bonchev–Trinajstić information content (AvgIpc) is 3.50. The molecule has 0 N–H and O–H groups in total. The van der Waals surface area contributed by atoms with Gasteiger partial charge in [-0.3, -0.25) is 14.7 Å². The lowest BCUT2D eigenvalue weighted by Gasteiger charge is -2.28. The van der Waals surface area contributed by atoms with Crippen LogP contribution in [0.2, 0.25) is 5.02 Å².